The first-order valence-corrected chi connectivity index (χ1v) is 10.8. The van der Waals surface area contributed by atoms with Crippen LogP contribution in [-0.2, 0) is 0 Å². The Kier molecular flexibility index (Phi) is 6.46. The standard InChI is InChI=1S/C23H22ClF3N4O3/c1-12(32)14-4-3-5-15(10-14)28-22(33)20-19(24)21-29-17(13-6-8-16(34-2)9-7-13)11-18(23(25,26)27)31(21)30-20/h3-10,12,17-18,29,32H,11H2,1-2H3,(H,28,33). The number of aliphatic hydroxyl groups excluding tert-OH is 1. The third-order valence-electron chi connectivity index (χ3n) is 5.66. The van der Waals surface area contributed by atoms with E-state index in [2.05, 4.69) is 15.7 Å². The molecule has 1 aliphatic heterocycles. The number of carbonyl (C=O) groups is 1. The normalized spacial score (nSPS) is 18.6. The minimum Gasteiger partial charge on any atom is -0.497 e. The second-order valence-corrected chi connectivity index (χ2v) is 8.35. The Morgan fingerprint density at radius 3 is 2.62 bits per heavy atom. The van der Waals surface area contributed by atoms with Crippen molar-refractivity contribution in [3.05, 3.63) is 70.4 Å². The predicted molar refractivity (Wildman–Crippen MR) is 121 cm³/mol. The molecule has 3 aromatic rings. The molecule has 0 aliphatic carbocycles. The number of anilines is 2. The smallest absolute Gasteiger partial charge is 0.410 e. The van der Waals surface area contributed by atoms with Crippen molar-refractivity contribution >= 4 is 29.0 Å². The summed E-state index contributed by atoms with van der Waals surface area (Å²) in [5, 5.41) is 19.0. The van der Waals surface area contributed by atoms with Crippen LogP contribution in [0.4, 0.5) is 24.7 Å². The van der Waals surface area contributed by atoms with Gasteiger partial charge in [-0.3, -0.25) is 4.79 Å². The zero-order valence-electron chi connectivity index (χ0n) is 18.2. The predicted octanol–water partition coefficient (Wildman–Crippen LogP) is 5.51. The highest BCUT2D eigenvalue weighted by Crippen LogP contribution is 2.46. The number of halogens is 4. The lowest BCUT2D eigenvalue weighted by atomic mass is 9.97. The Bertz CT molecular complexity index is 1200. The highest BCUT2D eigenvalue weighted by Gasteiger charge is 2.47. The summed E-state index contributed by atoms with van der Waals surface area (Å²) in [7, 11) is 1.50. The number of hydrogen-bond acceptors (Lipinski definition) is 5. The highest BCUT2D eigenvalue weighted by molar-refractivity contribution is 6.36. The summed E-state index contributed by atoms with van der Waals surface area (Å²) in [6, 6.07) is 10.4. The number of fused-ring (bicyclic) bond motifs is 1. The van der Waals surface area contributed by atoms with Gasteiger partial charge in [0.2, 0.25) is 0 Å². The van der Waals surface area contributed by atoms with Crippen LogP contribution in [0.15, 0.2) is 48.5 Å². The van der Waals surface area contributed by atoms with Gasteiger partial charge in [-0.2, -0.15) is 18.3 Å². The van der Waals surface area contributed by atoms with E-state index in [4.69, 9.17) is 16.3 Å². The van der Waals surface area contributed by atoms with E-state index < -0.39 is 30.3 Å². The molecule has 0 saturated carbocycles. The Balaban J connectivity index is 1.66. The fraction of sp³-hybridized carbons (Fsp3) is 0.304. The molecule has 0 radical (unpaired) electrons. The maximum absolute atomic E-state index is 14.0. The Labute approximate surface area is 198 Å². The minimum absolute atomic E-state index is 0.0843. The van der Waals surface area contributed by atoms with Crippen LogP contribution in [0.25, 0.3) is 0 Å². The summed E-state index contributed by atoms with van der Waals surface area (Å²) in [4.78, 5) is 12.9. The van der Waals surface area contributed by atoms with Crippen LogP contribution in [0.5, 0.6) is 5.75 Å². The van der Waals surface area contributed by atoms with E-state index in [1.807, 2.05) is 0 Å². The quantitative estimate of drug-likeness (QED) is 0.435. The number of nitrogens with zero attached hydrogens (tertiary/aromatic N) is 2. The number of aromatic nitrogens is 2. The van der Waals surface area contributed by atoms with E-state index in [-0.39, 0.29) is 23.0 Å². The molecule has 1 aromatic heterocycles. The van der Waals surface area contributed by atoms with E-state index >= 15 is 0 Å². The zero-order valence-corrected chi connectivity index (χ0v) is 19.0. The van der Waals surface area contributed by atoms with Crippen LogP contribution in [0.2, 0.25) is 5.02 Å². The minimum atomic E-state index is -4.61. The lowest BCUT2D eigenvalue weighted by Crippen LogP contribution is -2.35. The van der Waals surface area contributed by atoms with Gasteiger partial charge >= 0.3 is 6.18 Å². The second kappa shape index (κ2) is 9.19. The molecule has 1 amide bonds. The number of carbonyl (C=O) groups excluding carboxylic acids is 1. The summed E-state index contributed by atoms with van der Waals surface area (Å²) in [5.41, 5.74) is 1.19. The zero-order chi connectivity index (χ0) is 24.6. The molecular formula is C23H22ClF3N4O3. The van der Waals surface area contributed by atoms with Gasteiger partial charge < -0.3 is 20.5 Å². The van der Waals surface area contributed by atoms with Crippen molar-refractivity contribution in [3.8, 4) is 5.75 Å². The lowest BCUT2D eigenvalue weighted by molar-refractivity contribution is -0.173. The number of benzene rings is 2. The molecule has 3 atom stereocenters. The van der Waals surface area contributed by atoms with Crippen molar-refractivity contribution in [2.75, 3.05) is 17.7 Å². The number of ether oxygens (including phenoxy) is 1. The molecule has 0 bridgehead atoms. The molecule has 1 aliphatic rings. The van der Waals surface area contributed by atoms with Crippen LogP contribution < -0.4 is 15.4 Å². The number of aliphatic hydroxyl groups is 1. The van der Waals surface area contributed by atoms with Crippen molar-refractivity contribution in [2.45, 2.75) is 37.7 Å². The third kappa shape index (κ3) is 4.69. The molecule has 0 spiro atoms. The number of rotatable bonds is 5. The lowest BCUT2D eigenvalue weighted by Gasteiger charge is -2.33. The fourth-order valence-electron chi connectivity index (χ4n) is 3.86. The van der Waals surface area contributed by atoms with E-state index in [1.54, 1.807) is 55.5 Å². The third-order valence-corrected chi connectivity index (χ3v) is 6.01. The molecule has 180 valence electrons. The maximum atomic E-state index is 14.0. The molecule has 3 unspecified atom stereocenters. The van der Waals surface area contributed by atoms with Gasteiger partial charge in [-0.15, -0.1) is 0 Å². The van der Waals surface area contributed by atoms with Gasteiger partial charge in [-0.25, -0.2) is 4.68 Å². The Morgan fingerprint density at radius 2 is 2.00 bits per heavy atom. The van der Waals surface area contributed by atoms with E-state index in [1.165, 1.54) is 7.11 Å². The molecule has 2 aromatic carbocycles. The Morgan fingerprint density at radius 1 is 1.29 bits per heavy atom. The average Bonchev–Trinajstić information content (AvgIpc) is 3.14. The number of hydrogen-bond donors (Lipinski definition) is 3. The van der Waals surface area contributed by atoms with Crippen molar-refractivity contribution in [1.29, 1.82) is 0 Å². The van der Waals surface area contributed by atoms with Crippen LogP contribution in [-0.4, -0.2) is 34.1 Å². The largest absolute Gasteiger partial charge is 0.497 e. The van der Waals surface area contributed by atoms with E-state index in [0.29, 0.717) is 22.6 Å². The highest BCUT2D eigenvalue weighted by atomic mass is 35.5. The van der Waals surface area contributed by atoms with Gasteiger partial charge in [0, 0.05) is 12.1 Å². The monoisotopic (exact) mass is 494 g/mol. The first-order chi connectivity index (χ1) is 16.1. The van der Waals surface area contributed by atoms with Crippen LogP contribution >= 0.6 is 11.6 Å². The summed E-state index contributed by atoms with van der Waals surface area (Å²) in [5.74, 6) is -0.272. The van der Waals surface area contributed by atoms with Crippen LogP contribution in [0.1, 0.15) is 53.1 Å². The van der Waals surface area contributed by atoms with Gasteiger partial charge in [0.15, 0.2) is 11.7 Å². The van der Waals surface area contributed by atoms with Crippen molar-refractivity contribution in [3.63, 3.8) is 0 Å². The first-order valence-electron chi connectivity index (χ1n) is 10.4. The number of amides is 1. The van der Waals surface area contributed by atoms with Crippen LogP contribution in [0, 0.1) is 0 Å². The van der Waals surface area contributed by atoms with E-state index in [9.17, 15) is 23.1 Å². The molecule has 11 heteroatoms. The SMILES string of the molecule is COc1ccc(C2CC(C(F)(F)F)n3nc(C(=O)Nc4cccc(C(C)O)c4)c(Cl)c3N2)cc1. The van der Waals surface area contributed by atoms with Crippen molar-refractivity contribution < 1.29 is 27.8 Å². The maximum Gasteiger partial charge on any atom is 0.410 e. The average molecular weight is 495 g/mol. The van der Waals surface area contributed by atoms with Gasteiger partial charge in [0.05, 0.1) is 19.3 Å². The fourth-order valence-corrected chi connectivity index (χ4v) is 4.12. The summed E-state index contributed by atoms with van der Waals surface area (Å²) in [6.45, 7) is 1.57. The topological polar surface area (TPSA) is 88.4 Å². The Hall–Kier alpha value is -3.24. The number of methoxy groups -OCH3 is 1. The van der Waals surface area contributed by atoms with Gasteiger partial charge in [0.25, 0.3) is 5.91 Å². The van der Waals surface area contributed by atoms with Crippen molar-refractivity contribution in [2.24, 2.45) is 0 Å². The molecular weight excluding hydrogens is 473 g/mol. The molecule has 0 saturated heterocycles. The molecule has 2 heterocycles. The van der Waals surface area contributed by atoms with E-state index in [0.717, 1.165) is 4.68 Å². The number of alkyl halides is 3. The van der Waals surface area contributed by atoms with Crippen LogP contribution in [0.3, 0.4) is 0 Å². The molecule has 4 rings (SSSR count). The number of nitrogens with one attached hydrogen (secondary N) is 2. The molecule has 7 nitrogen and oxygen atoms in total. The van der Waals surface area contributed by atoms with Crippen molar-refractivity contribution in [1.82, 2.24) is 9.78 Å². The molecule has 0 fully saturated rings. The van der Waals surface area contributed by atoms with Gasteiger partial charge in [0.1, 0.15) is 16.6 Å². The second-order valence-electron chi connectivity index (χ2n) is 7.97. The summed E-state index contributed by atoms with van der Waals surface area (Å²) in [6.07, 6.45) is -5.71. The summed E-state index contributed by atoms with van der Waals surface area (Å²) >= 11 is 6.37. The first kappa shape index (κ1) is 23.9. The van der Waals surface area contributed by atoms with Gasteiger partial charge in [-0.1, -0.05) is 35.9 Å². The summed E-state index contributed by atoms with van der Waals surface area (Å²) < 4.78 is 47.7. The molecule has 34 heavy (non-hydrogen) atoms. The molecule has 3 N–H and O–H groups in total. The van der Waals surface area contributed by atoms with Gasteiger partial charge in [-0.05, 0) is 42.3 Å².